The summed E-state index contributed by atoms with van der Waals surface area (Å²) in [4.78, 5) is 13.0. The van der Waals surface area contributed by atoms with Crippen LogP contribution in [0.1, 0.15) is 25.3 Å². The molecular weight excluding hydrogens is 455 g/mol. The number of rotatable bonds is 7. The maximum absolute atomic E-state index is 13.4. The van der Waals surface area contributed by atoms with Crippen LogP contribution in [0.3, 0.4) is 0 Å². The van der Waals surface area contributed by atoms with Gasteiger partial charge in [0.25, 0.3) is 10.0 Å². The standard InChI is InChI=1S/C23H22Cl2N2O3S/c1-16(2)18-11-6-7-13-20(18)26-22(28)15-27(21-14-8-12-19(24)23(21)25)31(29,30)17-9-4-3-5-10-17/h3-14,16H,15H2,1-2H3,(H,26,28). The van der Waals surface area contributed by atoms with Gasteiger partial charge in [0.05, 0.1) is 20.6 Å². The number of hydrogen-bond acceptors (Lipinski definition) is 3. The number of halogens is 2. The molecule has 0 aliphatic rings. The van der Waals surface area contributed by atoms with Crippen LogP contribution >= 0.6 is 23.2 Å². The Balaban J connectivity index is 2.00. The number of benzene rings is 3. The van der Waals surface area contributed by atoms with Crippen LogP contribution in [0.5, 0.6) is 0 Å². The monoisotopic (exact) mass is 476 g/mol. The Labute approximate surface area is 192 Å². The summed E-state index contributed by atoms with van der Waals surface area (Å²) in [5, 5.41) is 3.08. The van der Waals surface area contributed by atoms with Crippen molar-refractivity contribution >= 4 is 50.5 Å². The average molecular weight is 477 g/mol. The fourth-order valence-corrected chi connectivity index (χ4v) is 5.04. The van der Waals surface area contributed by atoms with Gasteiger partial charge in [-0.25, -0.2) is 8.42 Å². The Morgan fingerprint density at radius 1 is 0.935 bits per heavy atom. The van der Waals surface area contributed by atoms with Crippen LogP contribution < -0.4 is 9.62 Å². The van der Waals surface area contributed by atoms with Gasteiger partial charge in [-0.3, -0.25) is 9.10 Å². The van der Waals surface area contributed by atoms with Gasteiger partial charge in [0.15, 0.2) is 0 Å². The molecule has 0 radical (unpaired) electrons. The summed E-state index contributed by atoms with van der Waals surface area (Å²) >= 11 is 12.4. The minimum Gasteiger partial charge on any atom is -0.324 e. The van der Waals surface area contributed by atoms with Crippen molar-refractivity contribution < 1.29 is 13.2 Å². The van der Waals surface area contributed by atoms with Gasteiger partial charge in [0.1, 0.15) is 6.54 Å². The fourth-order valence-electron chi connectivity index (χ4n) is 3.14. The number of carbonyl (C=O) groups is 1. The van der Waals surface area contributed by atoms with Crippen molar-refractivity contribution in [3.05, 3.63) is 88.4 Å². The highest BCUT2D eigenvalue weighted by Gasteiger charge is 2.29. The topological polar surface area (TPSA) is 66.5 Å². The molecule has 8 heteroatoms. The first-order valence-electron chi connectivity index (χ1n) is 9.62. The summed E-state index contributed by atoms with van der Waals surface area (Å²) in [7, 11) is -4.08. The van der Waals surface area contributed by atoms with Gasteiger partial charge in [-0.15, -0.1) is 0 Å². The molecule has 0 aromatic heterocycles. The van der Waals surface area contributed by atoms with Gasteiger partial charge in [-0.05, 0) is 41.8 Å². The zero-order valence-corrected chi connectivity index (χ0v) is 19.4. The maximum atomic E-state index is 13.4. The van der Waals surface area contributed by atoms with E-state index in [2.05, 4.69) is 5.32 Å². The zero-order valence-electron chi connectivity index (χ0n) is 17.0. The number of amides is 1. The van der Waals surface area contributed by atoms with Crippen LogP contribution in [0.25, 0.3) is 0 Å². The first-order chi connectivity index (χ1) is 14.7. The molecule has 0 fully saturated rings. The van der Waals surface area contributed by atoms with E-state index in [0.29, 0.717) is 5.69 Å². The highest BCUT2D eigenvalue weighted by molar-refractivity contribution is 7.92. The summed E-state index contributed by atoms with van der Waals surface area (Å²) in [6, 6.07) is 19.9. The van der Waals surface area contributed by atoms with E-state index in [-0.39, 0.29) is 26.5 Å². The van der Waals surface area contributed by atoms with Crippen molar-refractivity contribution in [2.75, 3.05) is 16.2 Å². The summed E-state index contributed by atoms with van der Waals surface area (Å²) in [5.41, 5.74) is 1.72. The lowest BCUT2D eigenvalue weighted by Crippen LogP contribution is -2.38. The van der Waals surface area contributed by atoms with E-state index in [4.69, 9.17) is 23.2 Å². The number of carbonyl (C=O) groups excluding carboxylic acids is 1. The Morgan fingerprint density at radius 2 is 1.58 bits per heavy atom. The molecular formula is C23H22Cl2N2O3S. The van der Waals surface area contributed by atoms with E-state index in [9.17, 15) is 13.2 Å². The molecule has 0 saturated heterocycles. The van der Waals surface area contributed by atoms with E-state index in [0.717, 1.165) is 9.87 Å². The van der Waals surface area contributed by atoms with Crippen LogP contribution in [-0.2, 0) is 14.8 Å². The predicted molar refractivity (Wildman–Crippen MR) is 127 cm³/mol. The van der Waals surface area contributed by atoms with Crippen molar-refractivity contribution in [2.45, 2.75) is 24.7 Å². The fraction of sp³-hybridized carbons (Fsp3) is 0.174. The summed E-state index contributed by atoms with van der Waals surface area (Å²) in [6.07, 6.45) is 0. The normalized spacial score (nSPS) is 11.4. The second-order valence-corrected chi connectivity index (χ2v) is 9.84. The average Bonchev–Trinajstić information content (AvgIpc) is 2.75. The van der Waals surface area contributed by atoms with Crippen molar-refractivity contribution in [1.82, 2.24) is 0 Å². The van der Waals surface area contributed by atoms with E-state index in [1.165, 1.54) is 18.2 Å². The number of anilines is 2. The minimum absolute atomic E-state index is 0.0430. The highest BCUT2D eigenvalue weighted by Crippen LogP contribution is 2.35. The second-order valence-electron chi connectivity index (χ2n) is 7.19. The molecule has 0 atom stereocenters. The maximum Gasteiger partial charge on any atom is 0.264 e. The molecule has 3 aromatic rings. The van der Waals surface area contributed by atoms with Gasteiger partial charge >= 0.3 is 0 Å². The van der Waals surface area contributed by atoms with Gasteiger partial charge in [0, 0.05) is 5.69 Å². The zero-order chi connectivity index (χ0) is 22.6. The molecule has 0 aliphatic heterocycles. The molecule has 0 aliphatic carbocycles. The Hall–Kier alpha value is -2.54. The highest BCUT2D eigenvalue weighted by atomic mass is 35.5. The Kier molecular flexibility index (Phi) is 7.26. The van der Waals surface area contributed by atoms with Crippen LogP contribution in [0.2, 0.25) is 10.0 Å². The molecule has 5 nitrogen and oxygen atoms in total. The third-order valence-corrected chi connectivity index (χ3v) is 7.26. The van der Waals surface area contributed by atoms with Crippen LogP contribution in [0.15, 0.2) is 77.7 Å². The Morgan fingerprint density at radius 3 is 2.26 bits per heavy atom. The molecule has 0 unspecified atom stereocenters. The molecule has 3 rings (SSSR count). The van der Waals surface area contributed by atoms with Gasteiger partial charge in [-0.1, -0.05) is 79.5 Å². The number of sulfonamides is 1. The summed E-state index contributed by atoms with van der Waals surface area (Å²) in [5.74, 6) is -0.313. The molecule has 31 heavy (non-hydrogen) atoms. The van der Waals surface area contributed by atoms with E-state index in [1.54, 1.807) is 36.4 Å². The van der Waals surface area contributed by atoms with Crippen molar-refractivity contribution in [3.8, 4) is 0 Å². The number of hydrogen-bond donors (Lipinski definition) is 1. The first-order valence-corrected chi connectivity index (χ1v) is 11.8. The molecule has 3 aromatic carbocycles. The first kappa shape index (κ1) is 23.1. The van der Waals surface area contributed by atoms with Crippen LogP contribution in [-0.4, -0.2) is 20.9 Å². The summed E-state index contributed by atoms with van der Waals surface area (Å²) < 4.78 is 27.8. The molecule has 0 saturated carbocycles. The molecule has 0 heterocycles. The number of para-hydroxylation sites is 1. The SMILES string of the molecule is CC(C)c1ccccc1NC(=O)CN(c1cccc(Cl)c1Cl)S(=O)(=O)c1ccccc1. The molecule has 1 N–H and O–H groups in total. The lowest BCUT2D eigenvalue weighted by atomic mass is 10.0. The Bertz CT molecular complexity index is 1180. The minimum atomic E-state index is -4.08. The van der Waals surface area contributed by atoms with Crippen molar-refractivity contribution in [3.63, 3.8) is 0 Å². The van der Waals surface area contributed by atoms with E-state index in [1.807, 2.05) is 32.0 Å². The second kappa shape index (κ2) is 9.73. The number of nitrogens with one attached hydrogen (secondary N) is 1. The van der Waals surface area contributed by atoms with E-state index >= 15 is 0 Å². The predicted octanol–water partition coefficient (Wildman–Crippen LogP) is 5.95. The lowest BCUT2D eigenvalue weighted by molar-refractivity contribution is -0.114. The van der Waals surface area contributed by atoms with Crippen LogP contribution in [0, 0.1) is 0 Å². The quantitative estimate of drug-likeness (QED) is 0.457. The molecule has 0 spiro atoms. The third kappa shape index (κ3) is 5.21. The molecule has 0 bridgehead atoms. The smallest absolute Gasteiger partial charge is 0.264 e. The van der Waals surface area contributed by atoms with Gasteiger partial charge in [0.2, 0.25) is 5.91 Å². The number of nitrogens with zero attached hydrogens (tertiary/aromatic N) is 1. The summed E-state index contributed by atoms with van der Waals surface area (Å²) in [6.45, 7) is 3.56. The van der Waals surface area contributed by atoms with Gasteiger partial charge < -0.3 is 5.32 Å². The lowest BCUT2D eigenvalue weighted by Gasteiger charge is -2.25. The molecule has 1 amide bonds. The van der Waals surface area contributed by atoms with Gasteiger partial charge in [-0.2, -0.15) is 0 Å². The molecule has 162 valence electrons. The van der Waals surface area contributed by atoms with E-state index < -0.39 is 22.5 Å². The largest absolute Gasteiger partial charge is 0.324 e. The van der Waals surface area contributed by atoms with Crippen molar-refractivity contribution in [2.24, 2.45) is 0 Å². The van der Waals surface area contributed by atoms with Crippen LogP contribution in [0.4, 0.5) is 11.4 Å². The van der Waals surface area contributed by atoms with Crippen molar-refractivity contribution in [1.29, 1.82) is 0 Å². The third-order valence-electron chi connectivity index (χ3n) is 4.68.